The van der Waals surface area contributed by atoms with E-state index in [4.69, 9.17) is 9.84 Å². The summed E-state index contributed by atoms with van der Waals surface area (Å²) in [5.41, 5.74) is 2.57. The highest BCUT2D eigenvalue weighted by Gasteiger charge is 2.31. The number of aliphatic hydroxyl groups is 1. The van der Waals surface area contributed by atoms with Gasteiger partial charge in [-0.15, -0.1) is 0 Å². The van der Waals surface area contributed by atoms with Gasteiger partial charge in [0.05, 0.1) is 37.8 Å². The van der Waals surface area contributed by atoms with Gasteiger partial charge < -0.3 is 25.0 Å². The van der Waals surface area contributed by atoms with Crippen molar-refractivity contribution in [2.24, 2.45) is 7.05 Å². The van der Waals surface area contributed by atoms with Crippen LogP contribution in [0.25, 0.3) is 11.0 Å². The zero-order valence-electron chi connectivity index (χ0n) is 20.5. The van der Waals surface area contributed by atoms with E-state index in [2.05, 4.69) is 27.0 Å². The van der Waals surface area contributed by atoms with Gasteiger partial charge >= 0.3 is 0 Å². The fourth-order valence-electron chi connectivity index (χ4n) is 4.44. The topological polar surface area (TPSA) is 131 Å². The number of nitrogens with one attached hydrogen (secondary N) is 1. The molecule has 0 aliphatic carbocycles. The molecule has 4 heterocycles. The number of aliphatic hydroxyl groups excluding tert-OH is 1. The number of aryl methyl sites for hydroxylation is 1. The summed E-state index contributed by atoms with van der Waals surface area (Å²) in [4.78, 5) is 38.5. The van der Waals surface area contributed by atoms with Crippen LogP contribution in [0, 0.1) is 0 Å². The number of aromatic nitrogens is 5. The van der Waals surface area contributed by atoms with Crippen molar-refractivity contribution in [1.29, 1.82) is 0 Å². The molecule has 3 aromatic heterocycles. The molecule has 0 bridgehead atoms. The Morgan fingerprint density at radius 1 is 1.27 bits per heavy atom. The summed E-state index contributed by atoms with van der Waals surface area (Å²) in [6, 6.07) is 7.21. The van der Waals surface area contributed by atoms with Crippen LogP contribution in [0.4, 0.5) is 28.7 Å². The molecule has 0 saturated heterocycles. The molecule has 0 radical (unpaired) electrons. The summed E-state index contributed by atoms with van der Waals surface area (Å²) in [7, 11) is 3.20. The van der Waals surface area contributed by atoms with Crippen molar-refractivity contribution in [2.45, 2.75) is 6.54 Å². The minimum Gasteiger partial charge on any atom is -0.494 e. The second-order valence-corrected chi connectivity index (χ2v) is 8.38. The third-order valence-electron chi connectivity index (χ3n) is 6.19. The maximum Gasteiger partial charge on any atom is 0.275 e. The van der Waals surface area contributed by atoms with Crippen LogP contribution < -0.4 is 25.4 Å². The minimum absolute atomic E-state index is 0.0189. The molecule has 4 aromatic rings. The van der Waals surface area contributed by atoms with Crippen LogP contribution in [0.5, 0.6) is 5.75 Å². The Kier molecular flexibility index (Phi) is 6.32. The van der Waals surface area contributed by atoms with E-state index < -0.39 is 0 Å². The van der Waals surface area contributed by atoms with E-state index in [9.17, 15) is 9.59 Å². The average Bonchev–Trinajstić information content (AvgIpc) is 3.36. The van der Waals surface area contributed by atoms with Crippen LogP contribution in [-0.4, -0.2) is 62.1 Å². The van der Waals surface area contributed by atoms with Gasteiger partial charge in [-0.3, -0.25) is 18.8 Å². The first-order valence-electron chi connectivity index (χ1n) is 11.6. The van der Waals surface area contributed by atoms with Crippen molar-refractivity contribution in [2.75, 3.05) is 41.9 Å². The van der Waals surface area contributed by atoms with Crippen LogP contribution in [0.2, 0.25) is 0 Å². The molecule has 0 spiro atoms. The van der Waals surface area contributed by atoms with Gasteiger partial charge in [-0.1, -0.05) is 12.6 Å². The fourth-order valence-corrected chi connectivity index (χ4v) is 4.44. The Balaban J connectivity index is 1.55. The number of ether oxygens (including phenoxy) is 1. The molecule has 1 aromatic carbocycles. The number of hydrogen-bond donors (Lipinski definition) is 2. The number of amides is 1. The van der Waals surface area contributed by atoms with Gasteiger partial charge in [0.2, 0.25) is 5.95 Å². The van der Waals surface area contributed by atoms with Crippen molar-refractivity contribution < 1.29 is 14.6 Å². The average molecular weight is 503 g/mol. The SMILES string of the molecule is C=CC(=O)N1CCN(c2cc3cnc(Nc4cnn(CCO)c4)nc3n(C)c2=O)c2cccc(OC)c21. The summed E-state index contributed by atoms with van der Waals surface area (Å²) in [5, 5.41) is 17.0. The molecule has 0 fully saturated rings. The Hall–Kier alpha value is -4.71. The zero-order chi connectivity index (χ0) is 26.1. The van der Waals surface area contributed by atoms with E-state index >= 15 is 0 Å². The van der Waals surface area contributed by atoms with Gasteiger partial charge in [0.25, 0.3) is 11.5 Å². The van der Waals surface area contributed by atoms with Gasteiger partial charge in [-0.2, -0.15) is 10.1 Å². The molecule has 5 rings (SSSR count). The Bertz CT molecular complexity index is 1560. The van der Waals surface area contributed by atoms with Crippen molar-refractivity contribution in [3.63, 3.8) is 0 Å². The van der Waals surface area contributed by atoms with E-state index in [0.717, 1.165) is 0 Å². The van der Waals surface area contributed by atoms with Crippen LogP contribution >= 0.6 is 0 Å². The lowest BCUT2D eigenvalue weighted by molar-refractivity contribution is -0.114. The van der Waals surface area contributed by atoms with Crippen LogP contribution in [0.1, 0.15) is 0 Å². The molecule has 1 aliphatic heterocycles. The van der Waals surface area contributed by atoms with E-state index in [1.54, 1.807) is 54.5 Å². The molecule has 12 heteroatoms. The standard InChI is InChI=1S/C25H26N8O4/c1-4-21(35)33-9-8-32(18-6-5-7-20(37-3)22(18)33)19-12-16-13-26-25(29-23(16)30(2)24(19)36)28-17-14-27-31(15-17)10-11-34/h4-7,12-15,34H,1,8-11H2,2-3H3,(H,26,28,29). The monoisotopic (exact) mass is 502 g/mol. The van der Waals surface area contributed by atoms with Crippen molar-refractivity contribution >= 4 is 45.6 Å². The largest absolute Gasteiger partial charge is 0.494 e. The maximum atomic E-state index is 13.5. The summed E-state index contributed by atoms with van der Waals surface area (Å²) in [5.74, 6) is 0.592. The lowest BCUT2D eigenvalue weighted by Gasteiger charge is -2.37. The van der Waals surface area contributed by atoms with E-state index in [-0.39, 0.29) is 18.1 Å². The first-order valence-corrected chi connectivity index (χ1v) is 11.6. The predicted octanol–water partition coefficient (Wildman–Crippen LogP) is 1.94. The minimum atomic E-state index is -0.245. The summed E-state index contributed by atoms with van der Waals surface area (Å²) >= 11 is 0. The smallest absolute Gasteiger partial charge is 0.275 e. The van der Waals surface area contributed by atoms with Gasteiger partial charge in [-0.25, -0.2) is 4.98 Å². The number of methoxy groups -OCH3 is 1. The highest BCUT2D eigenvalue weighted by Crippen LogP contribution is 2.43. The number of nitrogens with zero attached hydrogens (tertiary/aromatic N) is 7. The first kappa shape index (κ1) is 24.0. The molecule has 1 aliphatic rings. The number of pyridine rings is 1. The molecular weight excluding hydrogens is 476 g/mol. The number of hydrogen-bond acceptors (Lipinski definition) is 9. The number of benzene rings is 1. The molecule has 0 atom stereocenters. The maximum absolute atomic E-state index is 13.5. The third kappa shape index (κ3) is 4.27. The molecule has 1 amide bonds. The molecule has 0 saturated carbocycles. The Labute approximate surface area is 212 Å². The van der Waals surface area contributed by atoms with Crippen molar-refractivity contribution in [3.05, 3.63) is 65.9 Å². The predicted molar refractivity (Wildman–Crippen MR) is 140 cm³/mol. The lowest BCUT2D eigenvalue weighted by atomic mass is 10.1. The first-order chi connectivity index (χ1) is 17.9. The fraction of sp³-hybridized carbons (Fsp3) is 0.240. The van der Waals surface area contributed by atoms with Crippen LogP contribution in [0.15, 0.2) is 60.3 Å². The van der Waals surface area contributed by atoms with Crippen LogP contribution in [-0.2, 0) is 18.4 Å². The number of para-hydroxylation sites is 1. The molecule has 0 unspecified atom stereocenters. The van der Waals surface area contributed by atoms with Crippen molar-refractivity contribution in [3.8, 4) is 5.75 Å². The number of anilines is 5. The molecule has 190 valence electrons. The highest BCUT2D eigenvalue weighted by molar-refractivity contribution is 6.06. The number of carbonyl (C=O) groups is 1. The molecular formula is C25H26N8O4. The van der Waals surface area contributed by atoms with E-state index in [0.29, 0.717) is 65.1 Å². The quantitative estimate of drug-likeness (QED) is 0.364. The van der Waals surface area contributed by atoms with E-state index in [1.165, 1.54) is 10.6 Å². The number of fused-ring (bicyclic) bond motifs is 2. The summed E-state index contributed by atoms with van der Waals surface area (Å²) < 4.78 is 8.62. The second-order valence-electron chi connectivity index (χ2n) is 8.38. The normalized spacial score (nSPS) is 12.9. The van der Waals surface area contributed by atoms with Crippen LogP contribution in [0.3, 0.4) is 0 Å². The number of rotatable bonds is 7. The Morgan fingerprint density at radius 3 is 2.86 bits per heavy atom. The highest BCUT2D eigenvalue weighted by atomic mass is 16.5. The second kappa shape index (κ2) is 9.74. The molecule has 2 N–H and O–H groups in total. The van der Waals surface area contributed by atoms with Gasteiger partial charge in [-0.05, 0) is 24.3 Å². The van der Waals surface area contributed by atoms with E-state index in [1.807, 2.05) is 17.0 Å². The van der Waals surface area contributed by atoms with Crippen molar-refractivity contribution in [1.82, 2.24) is 24.3 Å². The van der Waals surface area contributed by atoms with Gasteiger partial charge in [0.1, 0.15) is 22.8 Å². The Morgan fingerprint density at radius 2 is 2.11 bits per heavy atom. The zero-order valence-corrected chi connectivity index (χ0v) is 20.5. The third-order valence-corrected chi connectivity index (χ3v) is 6.19. The summed E-state index contributed by atoms with van der Waals surface area (Å²) in [6.45, 7) is 4.72. The molecule has 12 nitrogen and oxygen atoms in total. The van der Waals surface area contributed by atoms with Gasteiger partial charge in [0.15, 0.2) is 0 Å². The number of carbonyl (C=O) groups excluding carboxylic acids is 1. The lowest BCUT2D eigenvalue weighted by Crippen LogP contribution is -2.43. The molecule has 37 heavy (non-hydrogen) atoms. The summed E-state index contributed by atoms with van der Waals surface area (Å²) in [6.07, 6.45) is 6.25. The van der Waals surface area contributed by atoms with Gasteiger partial charge in [0, 0.05) is 37.9 Å².